The molecule has 23 heavy (non-hydrogen) atoms. The van der Waals surface area contributed by atoms with Crippen molar-refractivity contribution in [3.8, 4) is 5.75 Å². The van der Waals surface area contributed by atoms with E-state index in [0.717, 1.165) is 34.2 Å². The third kappa shape index (κ3) is 3.17. The SMILES string of the molecule is COc1ccc(N2C=CC[C@H](C=O)[C@H]2c2ccccc2Br)cc1. The molecule has 0 bridgehead atoms. The molecular formula is C19H18BrNO2. The van der Waals surface area contributed by atoms with Crippen LogP contribution in [0.5, 0.6) is 5.75 Å². The third-order valence-corrected chi connectivity index (χ3v) is 4.87. The number of hydrogen-bond acceptors (Lipinski definition) is 3. The standard InChI is InChI=1S/C19H18BrNO2/c1-23-16-10-8-15(9-11-16)21-12-4-5-14(13-22)19(21)17-6-2-3-7-18(17)20/h2-4,6-14,19H,5H2,1H3/t14-,19+/m1/s1. The van der Waals surface area contributed by atoms with Gasteiger partial charge in [-0.05, 0) is 42.3 Å². The Hall–Kier alpha value is -2.07. The molecule has 1 aliphatic rings. The Kier molecular flexibility index (Phi) is 4.82. The minimum absolute atomic E-state index is 0.0264. The molecule has 0 aromatic heterocycles. The summed E-state index contributed by atoms with van der Waals surface area (Å²) in [6, 6.07) is 16.0. The smallest absolute Gasteiger partial charge is 0.125 e. The summed E-state index contributed by atoms with van der Waals surface area (Å²) in [6.07, 6.45) is 5.93. The molecule has 0 radical (unpaired) electrons. The van der Waals surface area contributed by atoms with Crippen LogP contribution in [0, 0.1) is 5.92 Å². The first-order valence-corrected chi connectivity index (χ1v) is 8.32. The first kappa shape index (κ1) is 15.8. The van der Waals surface area contributed by atoms with Crippen LogP contribution in [0.1, 0.15) is 18.0 Å². The summed E-state index contributed by atoms with van der Waals surface area (Å²) in [4.78, 5) is 13.8. The predicted octanol–water partition coefficient (Wildman–Crippen LogP) is 4.74. The van der Waals surface area contributed by atoms with Crippen molar-refractivity contribution >= 4 is 27.9 Å². The van der Waals surface area contributed by atoms with Gasteiger partial charge in [0.15, 0.2) is 0 Å². The monoisotopic (exact) mass is 371 g/mol. The Morgan fingerprint density at radius 1 is 1.17 bits per heavy atom. The molecule has 118 valence electrons. The summed E-state index contributed by atoms with van der Waals surface area (Å²) in [5.41, 5.74) is 2.15. The maximum atomic E-state index is 11.6. The lowest BCUT2D eigenvalue weighted by Crippen LogP contribution is -2.33. The number of carbonyl (C=O) groups excluding carboxylic acids is 1. The molecule has 4 heteroatoms. The van der Waals surface area contributed by atoms with Crippen LogP contribution in [0.2, 0.25) is 0 Å². The number of allylic oxidation sites excluding steroid dienone is 1. The Bertz CT molecular complexity index is 712. The molecule has 0 unspecified atom stereocenters. The number of ether oxygens (including phenoxy) is 1. The van der Waals surface area contributed by atoms with Gasteiger partial charge in [-0.1, -0.05) is 40.2 Å². The molecule has 3 nitrogen and oxygen atoms in total. The van der Waals surface area contributed by atoms with Crippen molar-refractivity contribution < 1.29 is 9.53 Å². The quantitative estimate of drug-likeness (QED) is 0.727. The second-order valence-corrected chi connectivity index (χ2v) is 6.35. The normalized spacial score (nSPS) is 20.3. The number of nitrogens with zero attached hydrogens (tertiary/aromatic N) is 1. The van der Waals surface area contributed by atoms with Gasteiger partial charge in [0.25, 0.3) is 0 Å². The molecule has 0 aliphatic carbocycles. The van der Waals surface area contributed by atoms with Crippen LogP contribution in [-0.2, 0) is 4.79 Å². The van der Waals surface area contributed by atoms with Crippen molar-refractivity contribution in [3.63, 3.8) is 0 Å². The fraction of sp³-hybridized carbons (Fsp3) is 0.211. The van der Waals surface area contributed by atoms with E-state index in [1.54, 1.807) is 7.11 Å². The predicted molar refractivity (Wildman–Crippen MR) is 95.7 cm³/mol. The van der Waals surface area contributed by atoms with E-state index in [1.165, 1.54) is 0 Å². The fourth-order valence-corrected chi connectivity index (χ4v) is 3.51. The maximum Gasteiger partial charge on any atom is 0.125 e. The number of benzene rings is 2. The van der Waals surface area contributed by atoms with Crippen molar-refractivity contribution in [2.45, 2.75) is 12.5 Å². The van der Waals surface area contributed by atoms with Crippen molar-refractivity contribution in [1.82, 2.24) is 0 Å². The van der Waals surface area contributed by atoms with Crippen LogP contribution < -0.4 is 9.64 Å². The Morgan fingerprint density at radius 3 is 2.57 bits per heavy atom. The third-order valence-electron chi connectivity index (χ3n) is 4.15. The number of anilines is 1. The van der Waals surface area contributed by atoms with E-state index >= 15 is 0 Å². The van der Waals surface area contributed by atoms with Crippen molar-refractivity contribution in [3.05, 3.63) is 70.8 Å². The average molecular weight is 372 g/mol. The molecule has 3 rings (SSSR count). The van der Waals surface area contributed by atoms with Gasteiger partial charge in [-0.3, -0.25) is 0 Å². The highest BCUT2D eigenvalue weighted by molar-refractivity contribution is 9.10. The van der Waals surface area contributed by atoms with Gasteiger partial charge in [-0.15, -0.1) is 0 Å². The molecule has 2 aromatic rings. The number of methoxy groups -OCH3 is 1. The van der Waals surface area contributed by atoms with Gasteiger partial charge in [0, 0.05) is 22.3 Å². The summed E-state index contributed by atoms with van der Waals surface area (Å²) in [7, 11) is 1.65. The zero-order valence-corrected chi connectivity index (χ0v) is 14.4. The van der Waals surface area contributed by atoms with Crippen LogP contribution in [0.4, 0.5) is 5.69 Å². The summed E-state index contributed by atoms with van der Waals surface area (Å²) in [5.74, 6) is 0.736. The lowest BCUT2D eigenvalue weighted by Gasteiger charge is -2.38. The minimum atomic E-state index is -0.0826. The lowest BCUT2D eigenvalue weighted by molar-refractivity contribution is -0.111. The molecule has 0 saturated carbocycles. The van der Waals surface area contributed by atoms with E-state index in [1.807, 2.05) is 42.5 Å². The lowest BCUT2D eigenvalue weighted by atomic mass is 9.87. The second-order valence-electron chi connectivity index (χ2n) is 5.49. The van der Waals surface area contributed by atoms with E-state index < -0.39 is 0 Å². The van der Waals surface area contributed by atoms with Gasteiger partial charge in [-0.25, -0.2) is 0 Å². The molecule has 0 amide bonds. The molecule has 0 fully saturated rings. The van der Waals surface area contributed by atoms with Crippen LogP contribution in [0.25, 0.3) is 0 Å². The van der Waals surface area contributed by atoms with Gasteiger partial charge < -0.3 is 14.4 Å². The average Bonchev–Trinajstić information content (AvgIpc) is 2.61. The Labute approximate surface area is 144 Å². The summed E-state index contributed by atoms with van der Waals surface area (Å²) in [5, 5.41) is 0. The van der Waals surface area contributed by atoms with Crippen LogP contribution in [0.15, 0.2) is 65.3 Å². The van der Waals surface area contributed by atoms with Gasteiger partial charge in [0.1, 0.15) is 12.0 Å². The zero-order valence-electron chi connectivity index (χ0n) is 12.9. The van der Waals surface area contributed by atoms with Gasteiger partial charge in [0.05, 0.1) is 13.2 Å². The van der Waals surface area contributed by atoms with Crippen LogP contribution in [0.3, 0.4) is 0 Å². The molecule has 1 aliphatic heterocycles. The highest BCUT2D eigenvalue weighted by Gasteiger charge is 2.31. The number of aldehydes is 1. The molecule has 2 aromatic carbocycles. The van der Waals surface area contributed by atoms with Crippen molar-refractivity contribution in [2.24, 2.45) is 5.92 Å². The maximum absolute atomic E-state index is 11.6. The Balaban J connectivity index is 2.04. The van der Waals surface area contributed by atoms with E-state index in [9.17, 15) is 4.79 Å². The van der Waals surface area contributed by atoms with Crippen LogP contribution in [-0.4, -0.2) is 13.4 Å². The van der Waals surface area contributed by atoms with Gasteiger partial charge in [0.2, 0.25) is 0 Å². The van der Waals surface area contributed by atoms with E-state index in [2.05, 4.69) is 39.2 Å². The van der Waals surface area contributed by atoms with Gasteiger partial charge in [-0.2, -0.15) is 0 Å². The summed E-state index contributed by atoms with van der Waals surface area (Å²) in [6.45, 7) is 0. The number of hydrogen-bond donors (Lipinski definition) is 0. The Morgan fingerprint density at radius 2 is 1.91 bits per heavy atom. The van der Waals surface area contributed by atoms with Gasteiger partial charge >= 0.3 is 0 Å². The number of halogens is 1. The van der Waals surface area contributed by atoms with E-state index in [-0.39, 0.29) is 12.0 Å². The molecule has 2 atom stereocenters. The largest absolute Gasteiger partial charge is 0.497 e. The van der Waals surface area contributed by atoms with E-state index in [0.29, 0.717) is 0 Å². The number of carbonyl (C=O) groups is 1. The zero-order chi connectivity index (χ0) is 16.2. The molecule has 1 heterocycles. The highest BCUT2D eigenvalue weighted by Crippen LogP contribution is 2.40. The first-order chi connectivity index (χ1) is 11.2. The highest BCUT2D eigenvalue weighted by atomic mass is 79.9. The molecule has 0 N–H and O–H groups in total. The molecule has 0 saturated heterocycles. The summed E-state index contributed by atoms with van der Waals surface area (Å²) >= 11 is 3.62. The first-order valence-electron chi connectivity index (χ1n) is 7.53. The van der Waals surface area contributed by atoms with Crippen LogP contribution >= 0.6 is 15.9 Å². The topological polar surface area (TPSA) is 29.5 Å². The minimum Gasteiger partial charge on any atom is -0.497 e. The fourth-order valence-electron chi connectivity index (χ4n) is 2.99. The number of rotatable bonds is 4. The van der Waals surface area contributed by atoms with Crippen molar-refractivity contribution in [1.29, 1.82) is 0 Å². The van der Waals surface area contributed by atoms with Crippen molar-refractivity contribution in [2.75, 3.05) is 12.0 Å². The van der Waals surface area contributed by atoms with E-state index in [4.69, 9.17) is 4.74 Å². The second kappa shape index (κ2) is 7.01. The summed E-state index contributed by atoms with van der Waals surface area (Å²) < 4.78 is 6.25. The molecular weight excluding hydrogens is 354 g/mol. The molecule has 0 spiro atoms.